The molecule has 12 rings (SSSR count). The van der Waals surface area contributed by atoms with E-state index in [4.69, 9.17) is 15.0 Å². The lowest BCUT2D eigenvalue weighted by molar-refractivity contribution is 0.629. The Hall–Kier alpha value is -8.21. The standard InChI is InChI=1S/C61H44N4/c1-5-16-41(17-6-1)36-49-29-28-42-18-13-14-27-52(42)54-38-46(30-33-53(49)54)48-32-35-58-56(40-48)55-39-47(31-34-57(55)65(58)51-25-11-4-12-26-51)45-23-15-24-50(37-45)61-63-59(43-19-7-2-8-20-43)62-60(64-61)44-21-9-3-10-22-44/h1-27,30-35,37-40,49H,28-29,36H2. The van der Waals surface area contributed by atoms with Gasteiger partial charge in [0.1, 0.15) is 0 Å². The Bertz CT molecular complexity index is 3450. The van der Waals surface area contributed by atoms with E-state index in [1.807, 2.05) is 60.7 Å². The minimum Gasteiger partial charge on any atom is -0.309 e. The maximum atomic E-state index is 5.04. The van der Waals surface area contributed by atoms with Gasteiger partial charge in [0.25, 0.3) is 0 Å². The summed E-state index contributed by atoms with van der Waals surface area (Å²) in [5.41, 5.74) is 18.0. The maximum absolute atomic E-state index is 5.04. The quantitative estimate of drug-likeness (QED) is 0.153. The number of rotatable bonds is 8. The maximum Gasteiger partial charge on any atom is 0.164 e. The van der Waals surface area contributed by atoms with Crippen LogP contribution in [0, 0.1) is 0 Å². The molecule has 0 radical (unpaired) electrons. The number of hydrogen-bond donors (Lipinski definition) is 0. The van der Waals surface area contributed by atoms with Crippen molar-refractivity contribution in [1.29, 1.82) is 0 Å². The summed E-state index contributed by atoms with van der Waals surface area (Å²) in [5.74, 6) is 2.38. The Morgan fingerprint density at radius 3 is 1.52 bits per heavy atom. The van der Waals surface area contributed by atoms with Crippen LogP contribution in [-0.2, 0) is 12.8 Å². The second-order valence-corrected chi connectivity index (χ2v) is 17.1. The average Bonchev–Trinajstić information content (AvgIpc) is 3.63. The molecule has 0 aliphatic heterocycles. The van der Waals surface area contributed by atoms with Crippen LogP contribution in [0.15, 0.2) is 224 Å². The van der Waals surface area contributed by atoms with Crippen molar-refractivity contribution in [2.75, 3.05) is 0 Å². The van der Waals surface area contributed by atoms with Gasteiger partial charge in [-0.25, -0.2) is 15.0 Å². The molecule has 65 heavy (non-hydrogen) atoms. The number of aryl methyl sites for hydroxylation is 1. The van der Waals surface area contributed by atoms with Crippen LogP contribution in [0.25, 0.3) is 95.0 Å². The first kappa shape index (κ1) is 38.5. The molecule has 0 bridgehead atoms. The lowest BCUT2D eigenvalue weighted by atomic mass is 9.85. The molecule has 1 aliphatic rings. The van der Waals surface area contributed by atoms with Crippen LogP contribution in [0.3, 0.4) is 0 Å². The van der Waals surface area contributed by atoms with E-state index in [0.29, 0.717) is 23.4 Å². The first-order valence-electron chi connectivity index (χ1n) is 22.6. The Balaban J connectivity index is 0.983. The highest BCUT2D eigenvalue weighted by atomic mass is 15.0. The van der Waals surface area contributed by atoms with Gasteiger partial charge in [-0.1, -0.05) is 176 Å². The molecule has 0 fully saturated rings. The third kappa shape index (κ3) is 7.29. The van der Waals surface area contributed by atoms with Crippen molar-refractivity contribution in [2.24, 2.45) is 0 Å². The summed E-state index contributed by atoms with van der Waals surface area (Å²) in [7, 11) is 0. The van der Waals surface area contributed by atoms with Gasteiger partial charge in [0, 0.05) is 33.2 Å². The predicted octanol–water partition coefficient (Wildman–Crippen LogP) is 15.2. The second kappa shape index (κ2) is 16.5. The van der Waals surface area contributed by atoms with Crippen LogP contribution in [0.4, 0.5) is 0 Å². The van der Waals surface area contributed by atoms with Gasteiger partial charge in [0.2, 0.25) is 0 Å². The van der Waals surface area contributed by atoms with Gasteiger partial charge >= 0.3 is 0 Å². The molecule has 1 atom stereocenters. The molecule has 9 aromatic carbocycles. The number of aromatic nitrogens is 4. The van der Waals surface area contributed by atoms with Crippen molar-refractivity contribution < 1.29 is 0 Å². The third-order valence-corrected chi connectivity index (χ3v) is 13.2. The van der Waals surface area contributed by atoms with Gasteiger partial charge in [-0.15, -0.1) is 0 Å². The zero-order valence-corrected chi connectivity index (χ0v) is 35.8. The van der Waals surface area contributed by atoms with E-state index in [-0.39, 0.29) is 0 Å². The van der Waals surface area contributed by atoms with Gasteiger partial charge < -0.3 is 4.57 Å². The topological polar surface area (TPSA) is 43.6 Å². The normalized spacial score (nSPS) is 13.3. The fourth-order valence-electron chi connectivity index (χ4n) is 9.94. The lowest BCUT2D eigenvalue weighted by Crippen LogP contribution is -2.04. The molecule has 0 N–H and O–H groups in total. The number of para-hydroxylation sites is 1. The predicted molar refractivity (Wildman–Crippen MR) is 268 cm³/mol. The summed E-state index contributed by atoms with van der Waals surface area (Å²) in [6.07, 6.45) is 3.25. The van der Waals surface area contributed by atoms with E-state index in [1.165, 1.54) is 60.8 Å². The second-order valence-electron chi connectivity index (χ2n) is 17.1. The van der Waals surface area contributed by atoms with E-state index in [2.05, 4.69) is 168 Å². The van der Waals surface area contributed by atoms with Crippen molar-refractivity contribution in [3.05, 3.63) is 241 Å². The summed E-state index contributed by atoms with van der Waals surface area (Å²) >= 11 is 0. The van der Waals surface area contributed by atoms with Gasteiger partial charge in [0.15, 0.2) is 17.5 Å². The molecule has 0 spiro atoms. The monoisotopic (exact) mass is 832 g/mol. The molecular formula is C61H44N4. The van der Waals surface area contributed by atoms with E-state index in [0.717, 1.165) is 52.8 Å². The highest BCUT2D eigenvalue weighted by Gasteiger charge is 2.24. The Morgan fingerprint density at radius 2 is 0.877 bits per heavy atom. The van der Waals surface area contributed by atoms with Gasteiger partial charge in [-0.3, -0.25) is 0 Å². The van der Waals surface area contributed by atoms with Crippen molar-refractivity contribution in [3.8, 4) is 73.2 Å². The zero-order chi connectivity index (χ0) is 43.1. The molecule has 308 valence electrons. The highest BCUT2D eigenvalue weighted by Crippen LogP contribution is 2.43. The molecule has 0 saturated carbocycles. The Morgan fingerprint density at radius 1 is 0.385 bits per heavy atom. The fraction of sp³-hybridized carbons (Fsp3) is 0.0656. The van der Waals surface area contributed by atoms with Crippen LogP contribution in [0.2, 0.25) is 0 Å². The molecule has 4 heteroatoms. The molecule has 4 nitrogen and oxygen atoms in total. The summed E-state index contributed by atoms with van der Waals surface area (Å²) in [5, 5.41) is 2.42. The number of fused-ring (bicyclic) bond motifs is 6. The highest BCUT2D eigenvalue weighted by molar-refractivity contribution is 6.11. The van der Waals surface area contributed by atoms with Gasteiger partial charge in [0.05, 0.1) is 11.0 Å². The zero-order valence-electron chi connectivity index (χ0n) is 35.8. The molecule has 0 amide bonds. The van der Waals surface area contributed by atoms with E-state index < -0.39 is 0 Å². The fourth-order valence-corrected chi connectivity index (χ4v) is 9.94. The molecule has 2 heterocycles. The van der Waals surface area contributed by atoms with Gasteiger partial charge in [-0.2, -0.15) is 0 Å². The van der Waals surface area contributed by atoms with Crippen molar-refractivity contribution in [2.45, 2.75) is 25.2 Å². The Kier molecular flexibility index (Phi) is 9.76. The number of nitrogens with zero attached hydrogens (tertiary/aromatic N) is 4. The molecule has 11 aromatic rings. The van der Waals surface area contributed by atoms with Crippen LogP contribution in [-0.4, -0.2) is 19.5 Å². The molecule has 1 unspecified atom stereocenters. The molecule has 1 aliphatic carbocycles. The lowest BCUT2D eigenvalue weighted by Gasteiger charge is -2.19. The number of hydrogen-bond acceptors (Lipinski definition) is 3. The summed E-state index contributed by atoms with van der Waals surface area (Å²) in [4.78, 5) is 15.0. The van der Waals surface area contributed by atoms with Crippen LogP contribution in [0.5, 0.6) is 0 Å². The Labute approximate surface area is 379 Å². The smallest absolute Gasteiger partial charge is 0.164 e. The van der Waals surface area contributed by atoms with Crippen LogP contribution < -0.4 is 0 Å². The first-order valence-corrected chi connectivity index (χ1v) is 22.6. The summed E-state index contributed by atoms with van der Waals surface area (Å²) in [6, 6.07) is 80.7. The minimum atomic E-state index is 0.444. The molecule has 2 aromatic heterocycles. The van der Waals surface area contributed by atoms with E-state index in [9.17, 15) is 0 Å². The summed E-state index contributed by atoms with van der Waals surface area (Å²) in [6.45, 7) is 0. The molecule has 0 saturated heterocycles. The minimum absolute atomic E-state index is 0.444. The van der Waals surface area contributed by atoms with E-state index in [1.54, 1.807) is 0 Å². The molecular weight excluding hydrogens is 789 g/mol. The first-order chi connectivity index (χ1) is 32.2. The SMILES string of the molecule is c1ccc(CC2CCc3ccccc3-c3cc(-c4ccc5c(c4)c4cc(-c6cccc(-c7nc(-c8ccccc8)nc(-c8ccccc8)n7)c6)ccc4n5-c4ccccc4)ccc32)cc1. The third-order valence-electron chi connectivity index (χ3n) is 13.2. The van der Waals surface area contributed by atoms with Gasteiger partial charge in [-0.05, 0) is 124 Å². The van der Waals surface area contributed by atoms with E-state index >= 15 is 0 Å². The van der Waals surface area contributed by atoms with Crippen molar-refractivity contribution >= 4 is 21.8 Å². The largest absolute Gasteiger partial charge is 0.309 e. The summed E-state index contributed by atoms with van der Waals surface area (Å²) < 4.78 is 2.40. The van der Waals surface area contributed by atoms with Crippen molar-refractivity contribution in [3.63, 3.8) is 0 Å². The average molecular weight is 833 g/mol. The van der Waals surface area contributed by atoms with Crippen LogP contribution in [0.1, 0.15) is 29.0 Å². The number of benzene rings is 9. The van der Waals surface area contributed by atoms with Crippen LogP contribution >= 0.6 is 0 Å². The van der Waals surface area contributed by atoms with Crippen molar-refractivity contribution in [1.82, 2.24) is 19.5 Å².